The minimum absolute atomic E-state index is 0.0185. The first-order valence-corrected chi connectivity index (χ1v) is 6.60. The second kappa shape index (κ2) is 5.63. The van der Waals surface area contributed by atoms with Gasteiger partial charge < -0.3 is 5.32 Å². The summed E-state index contributed by atoms with van der Waals surface area (Å²) in [5, 5.41) is 3.23. The fourth-order valence-corrected chi connectivity index (χ4v) is 2.66. The van der Waals surface area contributed by atoms with Crippen LogP contribution in [0.1, 0.15) is 22.7 Å². The van der Waals surface area contributed by atoms with Crippen molar-refractivity contribution < 1.29 is 4.39 Å². The average molecular weight is 308 g/mol. The van der Waals surface area contributed by atoms with Crippen molar-refractivity contribution >= 4 is 15.9 Å². The van der Waals surface area contributed by atoms with E-state index in [4.69, 9.17) is 0 Å². The molecule has 2 aromatic carbocycles. The average Bonchev–Trinajstić information content (AvgIpc) is 2.31. The second-order valence-corrected chi connectivity index (χ2v) is 5.16. The molecule has 0 spiro atoms. The summed E-state index contributed by atoms with van der Waals surface area (Å²) in [5.74, 6) is -0.197. The quantitative estimate of drug-likeness (QED) is 0.896. The molecule has 1 N–H and O–H groups in total. The van der Waals surface area contributed by atoms with Gasteiger partial charge in [0.25, 0.3) is 0 Å². The highest BCUT2D eigenvalue weighted by molar-refractivity contribution is 9.10. The van der Waals surface area contributed by atoms with Crippen molar-refractivity contribution in [3.05, 3.63) is 69.4 Å². The van der Waals surface area contributed by atoms with Crippen LogP contribution in [0.25, 0.3) is 0 Å². The zero-order chi connectivity index (χ0) is 13.1. The van der Waals surface area contributed by atoms with Crippen molar-refractivity contribution in [2.24, 2.45) is 0 Å². The fraction of sp³-hybridized carbons (Fsp3) is 0.200. The first-order chi connectivity index (χ1) is 8.61. The third kappa shape index (κ3) is 2.79. The highest BCUT2D eigenvalue weighted by Crippen LogP contribution is 2.29. The van der Waals surface area contributed by atoms with Crippen LogP contribution in [0.3, 0.4) is 0 Å². The molecule has 2 aromatic rings. The molecule has 0 fully saturated rings. The van der Waals surface area contributed by atoms with Crippen molar-refractivity contribution in [1.82, 2.24) is 5.32 Å². The SMILES string of the molecule is CNC(c1cc(C)cc(F)c1)c1ccccc1Br. The van der Waals surface area contributed by atoms with Crippen LogP contribution < -0.4 is 5.32 Å². The molecular formula is C15H15BrFN. The summed E-state index contributed by atoms with van der Waals surface area (Å²) in [6, 6.07) is 13.1. The Hall–Kier alpha value is -1.19. The Bertz CT molecular complexity index is 534. The van der Waals surface area contributed by atoms with E-state index in [-0.39, 0.29) is 11.9 Å². The predicted molar refractivity (Wildman–Crippen MR) is 76.2 cm³/mol. The van der Waals surface area contributed by atoms with Crippen molar-refractivity contribution in [1.29, 1.82) is 0 Å². The number of halogens is 2. The molecule has 0 saturated heterocycles. The molecule has 1 nitrogen and oxygen atoms in total. The van der Waals surface area contributed by atoms with Gasteiger partial charge in [0.15, 0.2) is 0 Å². The highest BCUT2D eigenvalue weighted by Gasteiger charge is 2.15. The molecule has 0 aliphatic carbocycles. The summed E-state index contributed by atoms with van der Waals surface area (Å²) in [4.78, 5) is 0. The maximum atomic E-state index is 13.5. The van der Waals surface area contributed by atoms with Gasteiger partial charge in [-0.3, -0.25) is 0 Å². The molecule has 0 heterocycles. The lowest BCUT2D eigenvalue weighted by atomic mass is 9.97. The molecule has 0 amide bonds. The monoisotopic (exact) mass is 307 g/mol. The molecule has 0 aliphatic rings. The number of hydrogen-bond donors (Lipinski definition) is 1. The van der Waals surface area contributed by atoms with Gasteiger partial charge in [0.1, 0.15) is 5.82 Å². The van der Waals surface area contributed by atoms with E-state index in [1.165, 1.54) is 6.07 Å². The lowest BCUT2D eigenvalue weighted by Crippen LogP contribution is -2.18. The topological polar surface area (TPSA) is 12.0 Å². The van der Waals surface area contributed by atoms with Crippen molar-refractivity contribution in [3.8, 4) is 0 Å². The van der Waals surface area contributed by atoms with Crippen LogP contribution in [-0.2, 0) is 0 Å². The Morgan fingerprint density at radius 2 is 1.89 bits per heavy atom. The van der Waals surface area contributed by atoms with E-state index in [0.29, 0.717) is 0 Å². The lowest BCUT2D eigenvalue weighted by Gasteiger charge is -2.19. The van der Waals surface area contributed by atoms with Crippen molar-refractivity contribution in [2.45, 2.75) is 13.0 Å². The van der Waals surface area contributed by atoms with Gasteiger partial charge in [-0.1, -0.05) is 40.2 Å². The smallest absolute Gasteiger partial charge is 0.123 e. The van der Waals surface area contributed by atoms with Crippen LogP contribution in [0.5, 0.6) is 0 Å². The molecule has 1 atom stereocenters. The Kier molecular flexibility index (Phi) is 4.15. The van der Waals surface area contributed by atoms with Crippen LogP contribution in [0, 0.1) is 12.7 Å². The third-order valence-electron chi connectivity index (χ3n) is 2.90. The van der Waals surface area contributed by atoms with Gasteiger partial charge in [0.05, 0.1) is 6.04 Å². The zero-order valence-electron chi connectivity index (χ0n) is 10.4. The summed E-state index contributed by atoms with van der Waals surface area (Å²) in [7, 11) is 1.88. The van der Waals surface area contributed by atoms with Gasteiger partial charge in [-0.05, 0) is 48.9 Å². The van der Waals surface area contributed by atoms with E-state index in [1.807, 2.05) is 44.3 Å². The first kappa shape index (κ1) is 13.2. The Balaban J connectivity index is 2.48. The van der Waals surface area contributed by atoms with Gasteiger partial charge in [-0.2, -0.15) is 0 Å². The van der Waals surface area contributed by atoms with Crippen LogP contribution in [0.4, 0.5) is 4.39 Å². The van der Waals surface area contributed by atoms with Gasteiger partial charge >= 0.3 is 0 Å². The van der Waals surface area contributed by atoms with Crippen LogP contribution >= 0.6 is 15.9 Å². The standard InChI is InChI=1S/C15H15BrFN/c1-10-7-11(9-12(17)8-10)15(18-2)13-5-3-4-6-14(13)16/h3-9,15,18H,1-2H3. The predicted octanol–water partition coefficient (Wildman–Crippen LogP) is 4.21. The van der Waals surface area contributed by atoms with Crippen molar-refractivity contribution in [3.63, 3.8) is 0 Å². The fourth-order valence-electron chi connectivity index (χ4n) is 2.14. The maximum Gasteiger partial charge on any atom is 0.123 e. The van der Waals surface area contributed by atoms with Crippen LogP contribution in [0.15, 0.2) is 46.9 Å². The van der Waals surface area contributed by atoms with Gasteiger partial charge in [0.2, 0.25) is 0 Å². The molecule has 0 aliphatic heterocycles. The zero-order valence-corrected chi connectivity index (χ0v) is 12.0. The molecule has 0 saturated carbocycles. The number of rotatable bonds is 3. The van der Waals surface area contributed by atoms with Crippen LogP contribution in [-0.4, -0.2) is 7.05 Å². The number of benzene rings is 2. The molecule has 0 radical (unpaired) electrons. The number of aryl methyl sites for hydroxylation is 1. The molecule has 94 valence electrons. The van der Waals surface area contributed by atoms with Crippen molar-refractivity contribution in [2.75, 3.05) is 7.05 Å². The third-order valence-corrected chi connectivity index (χ3v) is 3.62. The van der Waals surface area contributed by atoms with E-state index >= 15 is 0 Å². The first-order valence-electron chi connectivity index (χ1n) is 5.80. The Morgan fingerprint density at radius 1 is 1.17 bits per heavy atom. The molecular weight excluding hydrogens is 293 g/mol. The van der Waals surface area contributed by atoms with Gasteiger partial charge in [0, 0.05) is 4.47 Å². The second-order valence-electron chi connectivity index (χ2n) is 4.31. The molecule has 0 bridgehead atoms. The molecule has 1 unspecified atom stereocenters. The molecule has 0 aromatic heterocycles. The normalized spacial score (nSPS) is 12.4. The molecule has 18 heavy (non-hydrogen) atoms. The summed E-state index contributed by atoms with van der Waals surface area (Å²) in [5.41, 5.74) is 2.96. The summed E-state index contributed by atoms with van der Waals surface area (Å²) in [6.07, 6.45) is 0. The minimum atomic E-state index is -0.197. The number of nitrogens with one attached hydrogen (secondary N) is 1. The summed E-state index contributed by atoms with van der Waals surface area (Å²) >= 11 is 3.54. The van der Waals surface area contributed by atoms with Crippen LogP contribution in [0.2, 0.25) is 0 Å². The lowest BCUT2D eigenvalue weighted by molar-refractivity contribution is 0.615. The van der Waals surface area contributed by atoms with E-state index in [2.05, 4.69) is 21.2 Å². The Morgan fingerprint density at radius 3 is 2.50 bits per heavy atom. The minimum Gasteiger partial charge on any atom is -0.309 e. The van der Waals surface area contributed by atoms with E-state index in [9.17, 15) is 4.39 Å². The van der Waals surface area contributed by atoms with Gasteiger partial charge in [-0.25, -0.2) is 4.39 Å². The summed E-state index contributed by atoms with van der Waals surface area (Å²) in [6.45, 7) is 1.90. The highest BCUT2D eigenvalue weighted by atomic mass is 79.9. The molecule has 2 rings (SSSR count). The van der Waals surface area contributed by atoms with E-state index < -0.39 is 0 Å². The van der Waals surface area contributed by atoms with Gasteiger partial charge in [-0.15, -0.1) is 0 Å². The Labute approximate surface area is 115 Å². The van der Waals surface area contributed by atoms with E-state index in [1.54, 1.807) is 6.07 Å². The summed E-state index contributed by atoms with van der Waals surface area (Å²) < 4.78 is 14.5. The van der Waals surface area contributed by atoms with E-state index in [0.717, 1.165) is 21.2 Å². The maximum absolute atomic E-state index is 13.5. The molecule has 3 heteroatoms. The largest absolute Gasteiger partial charge is 0.309 e. The number of hydrogen-bond acceptors (Lipinski definition) is 1.